The van der Waals surface area contributed by atoms with Crippen molar-refractivity contribution in [1.29, 1.82) is 0 Å². The van der Waals surface area contributed by atoms with E-state index in [4.69, 9.17) is 0 Å². The summed E-state index contributed by atoms with van der Waals surface area (Å²) in [6.07, 6.45) is 11.5. The van der Waals surface area contributed by atoms with Crippen molar-refractivity contribution in [3.63, 3.8) is 0 Å². The third-order valence-corrected chi connectivity index (χ3v) is 3.98. The van der Waals surface area contributed by atoms with Gasteiger partial charge < -0.3 is 0 Å². The van der Waals surface area contributed by atoms with Gasteiger partial charge >= 0.3 is 0 Å². The van der Waals surface area contributed by atoms with Crippen molar-refractivity contribution >= 4 is 0 Å². The van der Waals surface area contributed by atoms with E-state index in [0.29, 0.717) is 0 Å². The molecular formula is C23H40N+. The van der Waals surface area contributed by atoms with Crippen LogP contribution < -0.4 is 4.57 Å². The molecule has 3 rings (SSSR count). The molecule has 0 atom stereocenters. The Morgan fingerprint density at radius 3 is 1.54 bits per heavy atom. The molecule has 1 aliphatic carbocycles. The largest absolute Gasteiger partial charge is 0.208 e. The van der Waals surface area contributed by atoms with Crippen molar-refractivity contribution in [3.05, 3.63) is 66.0 Å². The molecule has 1 heteroatoms. The van der Waals surface area contributed by atoms with Crippen LogP contribution in [0.2, 0.25) is 0 Å². The van der Waals surface area contributed by atoms with Gasteiger partial charge in [0.25, 0.3) is 0 Å². The Labute approximate surface area is 152 Å². The summed E-state index contributed by atoms with van der Waals surface area (Å²) in [7, 11) is 2.01. The maximum Gasteiger partial charge on any atom is 0.168 e. The number of aromatic nitrogens is 1. The standard InChI is InChI=1S/C7H10N.C7H14.C7H8.C2H6.H2/c1-7-3-5-8(2)6-4-7;2*1-7-5-3-2-4-6-7;1-2;/h3-6H,1-2H3;7H,2-6H2,1H3;2-6H,1H3;1-2H3;1H/q+1;;;;. The summed E-state index contributed by atoms with van der Waals surface area (Å²) in [4.78, 5) is 0. The molecule has 1 nitrogen and oxygen atoms in total. The Kier molecular flexibility index (Phi) is 13.9. The lowest BCUT2D eigenvalue weighted by molar-refractivity contribution is -0.671. The Bertz CT molecular complexity index is 466. The number of hydrogen-bond donors (Lipinski definition) is 0. The maximum atomic E-state index is 2.36. The van der Waals surface area contributed by atoms with Gasteiger partial charge in [-0.25, -0.2) is 4.57 Å². The number of benzene rings is 1. The molecule has 0 unspecified atom stereocenters. The molecule has 24 heavy (non-hydrogen) atoms. The summed E-state index contributed by atoms with van der Waals surface area (Å²) in [6.45, 7) is 10.5. The van der Waals surface area contributed by atoms with E-state index in [1.165, 1.54) is 43.2 Å². The Morgan fingerprint density at radius 1 is 0.792 bits per heavy atom. The molecule has 1 aromatic heterocycles. The Morgan fingerprint density at radius 2 is 1.25 bits per heavy atom. The number of rotatable bonds is 0. The Hall–Kier alpha value is -1.63. The fourth-order valence-electron chi connectivity index (χ4n) is 2.42. The zero-order valence-electron chi connectivity index (χ0n) is 16.8. The van der Waals surface area contributed by atoms with Crippen molar-refractivity contribution in [2.45, 2.75) is 66.7 Å². The topological polar surface area (TPSA) is 3.88 Å². The van der Waals surface area contributed by atoms with Crippen LogP contribution >= 0.6 is 0 Å². The lowest BCUT2D eigenvalue weighted by Gasteiger charge is -2.15. The normalized spacial score (nSPS) is 13.2. The number of hydrogen-bond acceptors (Lipinski definition) is 0. The zero-order valence-corrected chi connectivity index (χ0v) is 16.8. The quantitative estimate of drug-likeness (QED) is 0.475. The first-order valence-corrected chi connectivity index (χ1v) is 9.51. The third kappa shape index (κ3) is 12.9. The van der Waals surface area contributed by atoms with Gasteiger partial charge in [0.1, 0.15) is 7.05 Å². The van der Waals surface area contributed by atoms with Gasteiger partial charge in [-0.15, -0.1) is 0 Å². The average molecular weight is 331 g/mol. The monoisotopic (exact) mass is 330 g/mol. The predicted molar refractivity (Wildman–Crippen MR) is 109 cm³/mol. The Balaban J connectivity index is 0. The molecular weight excluding hydrogens is 290 g/mol. The fourth-order valence-corrected chi connectivity index (χ4v) is 2.42. The summed E-state index contributed by atoms with van der Waals surface area (Å²) in [5.41, 5.74) is 2.63. The molecule has 1 fully saturated rings. The van der Waals surface area contributed by atoms with E-state index >= 15 is 0 Å². The van der Waals surface area contributed by atoms with Gasteiger partial charge in [-0.1, -0.05) is 88.8 Å². The van der Waals surface area contributed by atoms with E-state index in [-0.39, 0.29) is 1.43 Å². The third-order valence-electron chi connectivity index (χ3n) is 3.98. The summed E-state index contributed by atoms with van der Waals surface area (Å²) in [6, 6.07) is 14.4. The first kappa shape index (κ1) is 22.4. The van der Waals surface area contributed by atoms with E-state index in [9.17, 15) is 0 Å². The summed E-state index contributed by atoms with van der Waals surface area (Å²) in [5.74, 6) is 1.04. The SMILES string of the molecule is CC.CC1CCCCC1.Cc1cc[n+](C)cc1.Cc1ccccc1.[HH]. The number of pyridine rings is 1. The van der Waals surface area contributed by atoms with Crippen LogP contribution in [0.1, 0.15) is 65.4 Å². The van der Waals surface area contributed by atoms with Crippen LogP contribution in [0.3, 0.4) is 0 Å². The minimum atomic E-state index is 0. The van der Waals surface area contributed by atoms with E-state index < -0.39 is 0 Å². The number of aryl methyl sites for hydroxylation is 3. The lowest BCUT2D eigenvalue weighted by atomic mass is 9.91. The van der Waals surface area contributed by atoms with Crippen molar-refractivity contribution in [2.75, 3.05) is 0 Å². The van der Waals surface area contributed by atoms with E-state index in [2.05, 4.69) is 45.0 Å². The first-order chi connectivity index (χ1) is 11.6. The molecule has 0 saturated heterocycles. The van der Waals surface area contributed by atoms with Crippen LogP contribution in [0, 0.1) is 19.8 Å². The van der Waals surface area contributed by atoms with Crippen molar-refractivity contribution in [1.82, 2.24) is 0 Å². The van der Waals surface area contributed by atoms with E-state index in [1.807, 2.05) is 56.1 Å². The highest BCUT2D eigenvalue weighted by molar-refractivity contribution is 5.11. The molecule has 0 amide bonds. The van der Waals surface area contributed by atoms with Crippen molar-refractivity contribution in [3.8, 4) is 0 Å². The minimum Gasteiger partial charge on any atom is -0.208 e. The van der Waals surface area contributed by atoms with Gasteiger partial charge in [0, 0.05) is 13.6 Å². The van der Waals surface area contributed by atoms with Crippen LogP contribution in [0.4, 0.5) is 0 Å². The molecule has 1 aliphatic rings. The summed E-state index contributed by atoms with van der Waals surface area (Å²) < 4.78 is 2.02. The van der Waals surface area contributed by atoms with Gasteiger partial charge in [0.2, 0.25) is 0 Å². The smallest absolute Gasteiger partial charge is 0.168 e. The minimum absolute atomic E-state index is 0. The van der Waals surface area contributed by atoms with Gasteiger partial charge in [-0.05, 0) is 25.3 Å². The predicted octanol–water partition coefficient (Wildman–Crippen LogP) is 6.67. The van der Waals surface area contributed by atoms with Gasteiger partial charge in [0.05, 0.1) is 0 Å². The van der Waals surface area contributed by atoms with Crippen LogP contribution in [-0.2, 0) is 7.05 Å². The fraction of sp³-hybridized carbons (Fsp3) is 0.522. The number of nitrogens with zero attached hydrogens (tertiary/aromatic N) is 1. The average Bonchev–Trinajstić information content (AvgIpc) is 2.62. The molecule has 0 bridgehead atoms. The van der Waals surface area contributed by atoms with Crippen LogP contribution in [0.5, 0.6) is 0 Å². The first-order valence-electron chi connectivity index (χ1n) is 9.51. The maximum absolute atomic E-state index is 2.36. The molecule has 0 N–H and O–H groups in total. The van der Waals surface area contributed by atoms with Gasteiger partial charge in [0.15, 0.2) is 12.4 Å². The van der Waals surface area contributed by atoms with Gasteiger partial charge in [-0.3, -0.25) is 0 Å². The van der Waals surface area contributed by atoms with Crippen LogP contribution in [0.15, 0.2) is 54.9 Å². The summed E-state index contributed by atoms with van der Waals surface area (Å²) >= 11 is 0. The molecule has 2 aromatic rings. The highest BCUT2D eigenvalue weighted by Crippen LogP contribution is 2.22. The zero-order chi connectivity index (χ0) is 18.2. The van der Waals surface area contributed by atoms with Gasteiger partial charge in [-0.2, -0.15) is 0 Å². The highest BCUT2D eigenvalue weighted by Gasteiger charge is 2.05. The molecule has 136 valence electrons. The highest BCUT2D eigenvalue weighted by atomic mass is 14.9. The second kappa shape index (κ2) is 14.9. The van der Waals surface area contributed by atoms with E-state index in [1.54, 1.807) is 0 Å². The molecule has 1 heterocycles. The van der Waals surface area contributed by atoms with Crippen LogP contribution in [-0.4, -0.2) is 0 Å². The lowest BCUT2D eigenvalue weighted by Crippen LogP contribution is -2.25. The van der Waals surface area contributed by atoms with Crippen LogP contribution in [0.25, 0.3) is 0 Å². The molecule has 0 radical (unpaired) electrons. The second-order valence-corrected chi connectivity index (χ2v) is 6.44. The second-order valence-electron chi connectivity index (χ2n) is 6.44. The molecule has 0 aliphatic heterocycles. The molecule has 1 saturated carbocycles. The molecule has 1 aromatic carbocycles. The summed E-state index contributed by atoms with van der Waals surface area (Å²) in [5, 5.41) is 0. The van der Waals surface area contributed by atoms with Crippen molar-refractivity contribution < 1.29 is 5.99 Å². The van der Waals surface area contributed by atoms with Crippen molar-refractivity contribution in [2.24, 2.45) is 13.0 Å². The molecule has 0 spiro atoms. The van der Waals surface area contributed by atoms with E-state index in [0.717, 1.165) is 5.92 Å².